The molecule has 3 heterocycles. The minimum atomic E-state index is -0.381. The molecule has 0 saturated heterocycles. The molecule has 0 saturated carbocycles. The molecule has 10 heteroatoms. The van der Waals surface area contributed by atoms with Gasteiger partial charge in [0.2, 0.25) is 0 Å². The van der Waals surface area contributed by atoms with E-state index in [0.717, 1.165) is 43.4 Å². The summed E-state index contributed by atoms with van der Waals surface area (Å²) in [6, 6.07) is 11.2. The Morgan fingerprint density at radius 2 is 1.55 bits per heavy atom. The quantitative estimate of drug-likeness (QED) is 0.411. The minimum absolute atomic E-state index is 0.327. The molecule has 5 rings (SSSR count). The van der Waals surface area contributed by atoms with Gasteiger partial charge in [0.1, 0.15) is 25.3 Å². The first-order valence-electron chi connectivity index (χ1n) is 10.3. The Hall–Kier alpha value is -4.44. The van der Waals surface area contributed by atoms with Gasteiger partial charge in [0.05, 0.1) is 0 Å². The van der Waals surface area contributed by atoms with Gasteiger partial charge in [-0.25, -0.2) is 9.97 Å². The second-order valence-electron chi connectivity index (χ2n) is 7.62. The first-order chi connectivity index (χ1) is 16.1. The maximum absolute atomic E-state index is 12.9. The van der Waals surface area contributed by atoms with E-state index in [-0.39, 0.29) is 11.8 Å². The second kappa shape index (κ2) is 8.60. The van der Waals surface area contributed by atoms with Crippen LogP contribution in [0.5, 0.6) is 0 Å². The Morgan fingerprint density at radius 3 is 2.12 bits per heavy atom. The van der Waals surface area contributed by atoms with E-state index in [1.54, 1.807) is 12.1 Å². The molecule has 0 bridgehead atoms. The fourth-order valence-electron chi connectivity index (χ4n) is 3.87. The molecular weight excluding hydrogens is 420 g/mol. The van der Waals surface area contributed by atoms with Gasteiger partial charge in [0, 0.05) is 28.2 Å². The van der Waals surface area contributed by atoms with Crippen LogP contribution in [0.4, 0.5) is 0 Å². The van der Waals surface area contributed by atoms with E-state index >= 15 is 0 Å². The SMILES string of the molecule is NCCc1c[nH]c2ccc(Cc3cc(C(=O)n4cncn4)cc(C(=O)n4cncn4)c3)cc12. The number of hydrogen-bond acceptors (Lipinski definition) is 7. The highest BCUT2D eigenvalue weighted by Crippen LogP contribution is 2.23. The molecule has 0 spiro atoms. The van der Waals surface area contributed by atoms with Crippen molar-refractivity contribution in [3.05, 3.63) is 95.7 Å². The molecule has 0 amide bonds. The standard InChI is InChI=1S/C23H20N8O2/c24-4-3-17-10-27-21-2-1-15(8-20(17)21)5-16-6-18(22(32)30-13-25-11-28-30)9-19(7-16)23(33)31-14-26-12-29-31/h1-2,6-14,27H,3-5,24H2. The molecule has 0 aliphatic heterocycles. The zero-order valence-electron chi connectivity index (χ0n) is 17.5. The third kappa shape index (κ3) is 4.06. The third-order valence-corrected chi connectivity index (χ3v) is 5.39. The lowest BCUT2D eigenvalue weighted by Gasteiger charge is -2.10. The lowest BCUT2D eigenvalue weighted by Crippen LogP contribution is -2.17. The lowest BCUT2D eigenvalue weighted by molar-refractivity contribution is 0.0944. The Bertz CT molecular complexity index is 1370. The average Bonchev–Trinajstić information content (AvgIpc) is 3.60. The van der Waals surface area contributed by atoms with Crippen molar-refractivity contribution in [2.45, 2.75) is 12.8 Å². The number of carbonyl (C=O) groups excluding carboxylic acids is 2. The van der Waals surface area contributed by atoms with Crippen molar-refractivity contribution >= 4 is 22.7 Å². The molecule has 2 aromatic carbocycles. The van der Waals surface area contributed by atoms with Gasteiger partial charge in [-0.15, -0.1) is 0 Å². The summed E-state index contributed by atoms with van der Waals surface area (Å²) in [6.07, 6.45) is 8.51. The van der Waals surface area contributed by atoms with Crippen LogP contribution >= 0.6 is 0 Å². The van der Waals surface area contributed by atoms with Gasteiger partial charge in [-0.3, -0.25) is 9.59 Å². The van der Waals surface area contributed by atoms with Crippen molar-refractivity contribution < 1.29 is 9.59 Å². The molecule has 3 N–H and O–H groups in total. The van der Waals surface area contributed by atoms with Crippen LogP contribution in [-0.4, -0.2) is 52.9 Å². The smallest absolute Gasteiger partial charge is 0.279 e. The number of benzene rings is 2. The van der Waals surface area contributed by atoms with Crippen molar-refractivity contribution in [3.8, 4) is 0 Å². The molecule has 164 valence electrons. The van der Waals surface area contributed by atoms with Crippen molar-refractivity contribution in [2.24, 2.45) is 5.73 Å². The molecule has 10 nitrogen and oxygen atoms in total. The average molecular weight is 440 g/mol. The van der Waals surface area contributed by atoms with Gasteiger partial charge in [0.25, 0.3) is 11.8 Å². The Morgan fingerprint density at radius 1 is 0.879 bits per heavy atom. The van der Waals surface area contributed by atoms with Crippen LogP contribution in [0, 0.1) is 0 Å². The van der Waals surface area contributed by atoms with E-state index in [1.807, 2.05) is 18.3 Å². The van der Waals surface area contributed by atoms with Gasteiger partial charge < -0.3 is 10.7 Å². The molecule has 0 radical (unpaired) electrons. The fourth-order valence-corrected chi connectivity index (χ4v) is 3.87. The highest BCUT2D eigenvalue weighted by atomic mass is 16.2. The molecule has 0 atom stereocenters. The highest BCUT2D eigenvalue weighted by Gasteiger charge is 2.17. The van der Waals surface area contributed by atoms with Gasteiger partial charge in [-0.2, -0.15) is 19.6 Å². The van der Waals surface area contributed by atoms with Crippen LogP contribution in [-0.2, 0) is 12.8 Å². The number of rotatable bonds is 6. The number of nitrogens with zero attached hydrogens (tertiary/aromatic N) is 6. The topological polar surface area (TPSA) is 137 Å². The predicted molar refractivity (Wildman–Crippen MR) is 120 cm³/mol. The first-order valence-corrected chi connectivity index (χ1v) is 10.3. The zero-order valence-corrected chi connectivity index (χ0v) is 17.5. The van der Waals surface area contributed by atoms with E-state index in [2.05, 4.69) is 31.2 Å². The van der Waals surface area contributed by atoms with Crippen molar-refractivity contribution in [2.75, 3.05) is 6.54 Å². The van der Waals surface area contributed by atoms with E-state index in [4.69, 9.17) is 5.73 Å². The van der Waals surface area contributed by atoms with Gasteiger partial charge >= 0.3 is 0 Å². The van der Waals surface area contributed by atoms with Crippen molar-refractivity contribution in [1.29, 1.82) is 0 Å². The van der Waals surface area contributed by atoms with Crippen LogP contribution in [0.2, 0.25) is 0 Å². The van der Waals surface area contributed by atoms with Gasteiger partial charge in [-0.1, -0.05) is 6.07 Å². The number of aromatic nitrogens is 7. The Balaban J connectivity index is 1.54. The summed E-state index contributed by atoms with van der Waals surface area (Å²) in [6.45, 7) is 0.567. The summed E-state index contributed by atoms with van der Waals surface area (Å²) in [5, 5.41) is 8.95. The van der Waals surface area contributed by atoms with E-state index in [9.17, 15) is 9.59 Å². The fraction of sp³-hybridized carbons (Fsp3) is 0.130. The zero-order chi connectivity index (χ0) is 22.8. The molecule has 5 aromatic rings. The van der Waals surface area contributed by atoms with Crippen molar-refractivity contribution in [1.82, 2.24) is 34.5 Å². The summed E-state index contributed by atoms with van der Waals surface area (Å²) in [5.41, 5.74) is 10.4. The number of nitrogens with one attached hydrogen (secondary N) is 1. The lowest BCUT2D eigenvalue weighted by atomic mass is 9.97. The van der Waals surface area contributed by atoms with Crippen LogP contribution in [0.3, 0.4) is 0 Å². The maximum atomic E-state index is 12.9. The molecule has 0 fully saturated rings. The summed E-state index contributed by atoms with van der Waals surface area (Å²) < 4.78 is 2.27. The predicted octanol–water partition coefficient (Wildman–Crippen LogP) is 1.82. The molecule has 0 aliphatic carbocycles. The van der Waals surface area contributed by atoms with Gasteiger partial charge in [0.15, 0.2) is 0 Å². The molecule has 3 aromatic heterocycles. The summed E-state index contributed by atoms with van der Waals surface area (Å²) in [4.78, 5) is 36.8. The van der Waals surface area contributed by atoms with Crippen LogP contribution in [0.25, 0.3) is 10.9 Å². The largest absolute Gasteiger partial charge is 0.361 e. The number of nitrogens with two attached hydrogens (primary N) is 1. The number of H-pyrrole nitrogens is 1. The summed E-state index contributed by atoms with van der Waals surface area (Å²) in [5.74, 6) is -0.762. The van der Waals surface area contributed by atoms with Crippen LogP contribution < -0.4 is 5.73 Å². The Kier molecular flexibility index (Phi) is 5.33. The van der Waals surface area contributed by atoms with Crippen LogP contribution in [0.15, 0.2) is 67.9 Å². The summed E-state index contributed by atoms with van der Waals surface area (Å²) >= 11 is 0. The normalized spacial score (nSPS) is 11.2. The second-order valence-corrected chi connectivity index (χ2v) is 7.62. The molecular formula is C23H20N8O2. The highest BCUT2D eigenvalue weighted by molar-refractivity contribution is 6.01. The number of carbonyl (C=O) groups is 2. The van der Waals surface area contributed by atoms with E-state index < -0.39 is 0 Å². The number of fused-ring (bicyclic) bond motifs is 1. The summed E-state index contributed by atoms with van der Waals surface area (Å²) in [7, 11) is 0. The third-order valence-electron chi connectivity index (χ3n) is 5.39. The van der Waals surface area contributed by atoms with E-state index in [1.165, 1.54) is 31.4 Å². The maximum Gasteiger partial charge on any atom is 0.279 e. The van der Waals surface area contributed by atoms with Crippen molar-refractivity contribution in [3.63, 3.8) is 0 Å². The Labute approximate surface area is 188 Å². The van der Waals surface area contributed by atoms with Gasteiger partial charge in [-0.05, 0) is 66.4 Å². The molecule has 0 unspecified atom stereocenters. The number of aromatic amines is 1. The minimum Gasteiger partial charge on any atom is -0.361 e. The van der Waals surface area contributed by atoms with Crippen LogP contribution in [0.1, 0.15) is 37.4 Å². The molecule has 33 heavy (non-hydrogen) atoms. The first kappa shape index (κ1) is 20.5. The molecule has 0 aliphatic rings. The number of hydrogen-bond donors (Lipinski definition) is 2. The monoisotopic (exact) mass is 440 g/mol. The van der Waals surface area contributed by atoms with E-state index in [0.29, 0.717) is 24.1 Å².